The van der Waals surface area contributed by atoms with Gasteiger partial charge in [-0.25, -0.2) is 9.79 Å². The average Bonchev–Trinajstić information content (AvgIpc) is 3.18. The molecule has 0 unspecified atom stereocenters. The Balaban J connectivity index is 1.91. The standard InChI is InChI=1S/C26H22IN3O7S/c1-4-10-37-17-8-6-16(7-9-17)22-21(25(33)36-5-2)14(3)28-26-29(22)24(32)20(38-26)13-15-11-18(27)23(31)19(12-15)30(34)35/h4,6-9,11-13,22,31H,1,5,10H2,2-3H3/b20-13-/t22-/m1/s1. The van der Waals surface area contributed by atoms with Crippen molar-refractivity contribution in [2.24, 2.45) is 4.99 Å². The lowest BCUT2D eigenvalue weighted by atomic mass is 9.96. The maximum Gasteiger partial charge on any atom is 0.338 e. The van der Waals surface area contributed by atoms with E-state index < -0.39 is 33.9 Å². The van der Waals surface area contributed by atoms with Crippen LogP contribution in [0.2, 0.25) is 0 Å². The Morgan fingerprint density at radius 3 is 2.68 bits per heavy atom. The molecule has 0 spiro atoms. The highest BCUT2D eigenvalue weighted by Crippen LogP contribution is 2.33. The molecule has 1 aliphatic rings. The zero-order valence-corrected chi connectivity index (χ0v) is 23.3. The Morgan fingerprint density at radius 2 is 2.05 bits per heavy atom. The lowest BCUT2D eigenvalue weighted by molar-refractivity contribution is -0.386. The van der Waals surface area contributed by atoms with Crippen LogP contribution in [0.1, 0.15) is 31.0 Å². The van der Waals surface area contributed by atoms with E-state index in [1.54, 1.807) is 66.8 Å². The molecule has 0 amide bonds. The van der Waals surface area contributed by atoms with Crippen molar-refractivity contribution in [3.05, 3.63) is 105 Å². The first-order valence-corrected chi connectivity index (χ1v) is 13.3. The number of carbonyl (C=O) groups excluding carboxylic acids is 1. The van der Waals surface area contributed by atoms with E-state index in [4.69, 9.17) is 9.47 Å². The molecule has 0 saturated heterocycles. The molecule has 1 aliphatic heterocycles. The molecule has 10 nitrogen and oxygen atoms in total. The highest BCUT2D eigenvalue weighted by molar-refractivity contribution is 14.1. The molecule has 0 aliphatic carbocycles. The molecule has 1 atom stereocenters. The number of aromatic hydroxyl groups is 1. The van der Waals surface area contributed by atoms with Gasteiger partial charge in [0.1, 0.15) is 12.4 Å². The van der Waals surface area contributed by atoms with Gasteiger partial charge in [-0.2, -0.15) is 0 Å². The number of hydrogen-bond donors (Lipinski definition) is 1. The van der Waals surface area contributed by atoms with E-state index in [0.29, 0.717) is 34.0 Å². The second-order valence-corrected chi connectivity index (χ2v) is 10.3. The van der Waals surface area contributed by atoms with Gasteiger partial charge in [-0.15, -0.1) is 0 Å². The lowest BCUT2D eigenvalue weighted by Crippen LogP contribution is -2.39. The second kappa shape index (κ2) is 11.3. The van der Waals surface area contributed by atoms with Crippen molar-refractivity contribution in [1.82, 2.24) is 4.57 Å². The highest BCUT2D eigenvalue weighted by atomic mass is 127. The van der Waals surface area contributed by atoms with Gasteiger partial charge in [0.15, 0.2) is 4.80 Å². The number of nitro benzene ring substituents is 1. The number of nitrogens with zero attached hydrogens (tertiary/aromatic N) is 3. The van der Waals surface area contributed by atoms with Crippen LogP contribution < -0.4 is 19.6 Å². The number of benzene rings is 2. The first-order chi connectivity index (χ1) is 18.2. The molecule has 2 aromatic carbocycles. The SMILES string of the molecule is C=CCOc1ccc([C@@H]2C(C(=O)OCC)=C(C)N=c3s/c(=C\c4cc(I)c(O)c([N+](=O)[O-])c4)c(=O)n32)cc1. The smallest absolute Gasteiger partial charge is 0.338 e. The molecule has 38 heavy (non-hydrogen) atoms. The predicted octanol–water partition coefficient (Wildman–Crippen LogP) is 3.58. The van der Waals surface area contributed by atoms with Crippen molar-refractivity contribution < 1.29 is 24.3 Å². The maximum absolute atomic E-state index is 13.7. The molecule has 0 saturated carbocycles. The molecule has 1 aromatic heterocycles. The number of allylic oxidation sites excluding steroid dienone is 1. The third kappa shape index (κ3) is 5.27. The molecule has 1 N–H and O–H groups in total. The van der Waals surface area contributed by atoms with Gasteiger partial charge in [0, 0.05) is 6.07 Å². The average molecular weight is 647 g/mol. The van der Waals surface area contributed by atoms with Crippen LogP contribution in [0.4, 0.5) is 5.69 Å². The molecule has 4 rings (SSSR count). The summed E-state index contributed by atoms with van der Waals surface area (Å²) in [5.41, 5.74) is 0.781. The van der Waals surface area contributed by atoms with Gasteiger partial charge in [0.25, 0.3) is 5.56 Å². The van der Waals surface area contributed by atoms with Crippen LogP contribution in [-0.2, 0) is 9.53 Å². The van der Waals surface area contributed by atoms with Gasteiger partial charge in [0.05, 0.1) is 36.9 Å². The summed E-state index contributed by atoms with van der Waals surface area (Å²) in [4.78, 5) is 42.3. The molecule has 2 heterocycles. The number of rotatable bonds is 8. The van der Waals surface area contributed by atoms with Gasteiger partial charge >= 0.3 is 11.7 Å². The molecule has 3 aromatic rings. The van der Waals surface area contributed by atoms with E-state index in [9.17, 15) is 24.8 Å². The number of hydrogen-bond acceptors (Lipinski definition) is 9. The predicted molar refractivity (Wildman–Crippen MR) is 150 cm³/mol. The number of phenols is 1. The lowest BCUT2D eigenvalue weighted by Gasteiger charge is -2.24. The number of fused-ring (bicyclic) bond motifs is 1. The first-order valence-electron chi connectivity index (χ1n) is 11.4. The van der Waals surface area contributed by atoms with Gasteiger partial charge in [0.2, 0.25) is 5.75 Å². The summed E-state index contributed by atoms with van der Waals surface area (Å²) >= 11 is 2.89. The minimum Gasteiger partial charge on any atom is -0.501 e. The van der Waals surface area contributed by atoms with E-state index >= 15 is 0 Å². The molecular formula is C26H22IN3O7S. The Hall–Kier alpha value is -3.78. The Kier molecular flexibility index (Phi) is 8.11. The zero-order valence-electron chi connectivity index (χ0n) is 20.3. The van der Waals surface area contributed by atoms with Crippen molar-refractivity contribution in [1.29, 1.82) is 0 Å². The Bertz CT molecular complexity index is 1660. The quantitative estimate of drug-likeness (QED) is 0.130. The fourth-order valence-corrected chi connectivity index (χ4v) is 5.67. The van der Waals surface area contributed by atoms with E-state index in [2.05, 4.69) is 11.6 Å². The van der Waals surface area contributed by atoms with Crippen molar-refractivity contribution in [3.8, 4) is 11.5 Å². The fourth-order valence-electron chi connectivity index (χ4n) is 3.99. The molecule has 0 fully saturated rings. The van der Waals surface area contributed by atoms with Crippen LogP contribution in [0.3, 0.4) is 0 Å². The summed E-state index contributed by atoms with van der Waals surface area (Å²) in [6, 6.07) is 8.94. The summed E-state index contributed by atoms with van der Waals surface area (Å²) in [6.07, 6.45) is 3.13. The van der Waals surface area contributed by atoms with Gasteiger partial charge < -0.3 is 14.6 Å². The third-order valence-electron chi connectivity index (χ3n) is 5.64. The molecular weight excluding hydrogens is 625 g/mol. The van der Waals surface area contributed by atoms with E-state index in [1.165, 1.54) is 22.8 Å². The van der Waals surface area contributed by atoms with Crippen molar-refractivity contribution in [3.63, 3.8) is 0 Å². The number of esters is 1. The number of nitro groups is 1. The van der Waals surface area contributed by atoms with Crippen molar-refractivity contribution in [2.75, 3.05) is 13.2 Å². The fraction of sp³-hybridized carbons (Fsp3) is 0.192. The van der Waals surface area contributed by atoms with Crippen molar-refractivity contribution in [2.45, 2.75) is 19.9 Å². The molecule has 196 valence electrons. The van der Waals surface area contributed by atoms with Crippen LogP contribution in [0.25, 0.3) is 6.08 Å². The number of halogens is 1. The summed E-state index contributed by atoms with van der Waals surface area (Å²) in [7, 11) is 0. The number of phenolic OH excluding ortho intramolecular Hbond substituents is 1. The number of ether oxygens (including phenoxy) is 2. The largest absolute Gasteiger partial charge is 0.501 e. The molecule has 0 bridgehead atoms. The van der Waals surface area contributed by atoms with Crippen LogP contribution in [0, 0.1) is 13.7 Å². The van der Waals surface area contributed by atoms with Gasteiger partial charge in [-0.05, 0) is 71.8 Å². The Morgan fingerprint density at radius 1 is 1.34 bits per heavy atom. The monoisotopic (exact) mass is 647 g/mol. The van der Waals surface area contributed by atoms with Gasteiger partial charge in [-0.3, -0.25) is 19.5 Å². The Labute approximate surface area is 234 Å². The highest BCUT2D eigenvalue weighted by Gasteiger charge is 2.33. The third-order valence-corrected chi connectivity index (χ3v) is 7.45. The maximum atomic E-state index is 13.7. The van der Waals surface area contributed by atoms with Crippen LogP contribution >= 0.6 is 33.9 Å². The van der Waals surface area contributed by atoms with Gasteiger partial charge in [-0.1, -0.05) is 36.1 Å². The zero-order chi connectivity index (χ0) is 27.6. The minimum atomic E-state index is -0.810. The number of thiazole rings is 1. The summed E-state index contributed by atoms with van der Waals surface area (Å²) in [5.74, 6) is -0.420. The van der Waals surface area contributed by atoms with Crippen LogP contribution in [0.15, 0.2) is 70.1 Å². The summed E-state index contributed by atoms with van der Waals surface area (Å²) < 4.78 is 12.8. The normalized spacial score (nSPS) is 15.0. The first kappa shape index (κ1) is 27.3. The van der Waals surface area contributed by atoms with E-state index in [-0.39, 0.29) is 20.3 Å². The molecule has 0 radical (unpaired) electrons. The van der Waals surface area contributed by atoms with Crippen LogP contribution in [-0.4, -0.2) is 33.8 Å². The second-order valence-electron chi connectivity index (χ2n) is 8.10. The number of aromatic nitrogens is 1. The molecule has 12 heteroatoms. The summed E-state index contributed by atoms with van der Waals surface area (Å²) in [5, 5.41) is 21.4. The van der Waals surface area contributed by atoms with Crippen LogP contribution in [0.5, 0.6) is 11.5 Å². The summed E-state index contributed by atoms with van der Waals surface area (Å²) in [6.45, 7) is 7.49. The minimum absolute atomic E-state index is 0.152. The van der Waals surface area contributed by atoms with E-state index in [0.717, 1.165) is 11.3 Å². The van der Waals surface area contributed by atoms with E-state index in [1.807, 2.05) is 0 Å². The number of carbonyl (C=O) groups is 1. The van der Waals surface area contributed by atoms with Crippen molar-refractivity contribution >= 4 is 51.7 Å². The topological polar surface area (TPSA) is 133 Å².